The van der Waals surface area contributed by atoms with Gasteiger partial charge in [0.05, 0.1) is 0 Å². The van der Waals surface area contributed by atoms with Gasteiger partial charge in [-0.25, -0.2) is 0 Å². The molecule has 1 rings (SSSR count). The molecule has 1 aliphatic rings. The third kappa shape index (κ3) is 2.10. The number of rotatable bonds is 3. The zero-order valence-corrected chi connectivity index (χ0v) is 8.44. The minimum absolute atomic E-state index is 0.800. The highest BCUT2D eigenvalue weighted by Crippen LogP contribution is 2.51. The van der Waals surface area contributed by atoms with E-state index in [9.17, 15) is 0 Å². The molecule has 0 atom stereocenters. The molecular weight excluding hydrogens is 223 g/mol. The van der Waals surface area contributed by atoms with Crippen molar-refractivity contribution in [3.05, 3.63) is 0 Å². The maximum atomic E-state index is 2.53. The SMILES string of the molecule is CC(C)CC1(CI)CC1. The molecular formula is C8H15I. The van der Waals surface area contributed by atoms with Crippen molar-refractivity contribution < 1.29 is 0 Å². The van der Waals surface area contributed by atoms with Crippen LogP contribution in [0.4, 0.5) is 0 Å². The van der Waals surface area contributed by atoms with Crippen LogP contribution in [0.25, 0.3) is 0 Å². The second-order valence-electron chi connectivity index (χ2n) is 3.73. The van der Waals surface area contributed by atoms with E-state index in [0.29, 0.717) is 0 Å². The first-order valence-corrected chi connectivity index (χ1v) is 5.27. The lowest BCUT2D eigenvalue weighted by Crippen LogP contribution is -2.05. The molecule has 0 aliphatic heterocycles. The van der Waals surface area contributed by atoms with Gasteiger partial charge in [0, 0.05) is 4.43 Å². The van der Waals surface area contributed by atoms with E-state index in [1.165, 1.54) is 23.7 Å². The first kappa shape index (κ1) is 7.83. The van der Waals surface area contributed by atoms with Crippen LogP contribution in [0.5, 0.6) is 0 Å². The Kier molecular flexibility index (Phi) is 2.41. The van der Waals surface area contributed by atoms with Gasteiger partial charge in [0.25, 0.3) is 0 Å². The Morgan fingerprint density at radius 1 is 1.44 bits per heavy atom. The van der Waals surface area contributed by atoms with Gasteiger partial charge in [-0.1, -0.05) is 36.4 Å². The molecule has 0 N–H and O–H groups in total. The molecule has 9 heavy (non-hydrogen) atoms. The summed E-state index contributed by atoms with van der Waals surface area (Å²) in [5.41, 5.74) is 0.800. The van der Waals surface area contributed by atoms with Gasteiger partial charge in [0.1, 0.15) is 0 Å². The monoisotopic (exact) mass is 238 g/mol. The van der Waals surface area contributed by atoms with Gasteiger partial charge >= 0.3 is 0 Å². The van der Waals surface area contributed by atoms with Crippen LogP contribution in [-0.4, -0.2) is 4.43 Å². The molecule has 0 aromatic heterocycles. The Bertz CT molecular complexity index is 92.7. The number of halogens is 1. The van der Waals surface area contributed by atoms with Crippen LogP contribution in [0.1, 0.15) is 33.1 Å². The van der Waals surface area contributed by atoms with Crippen LogP contribution in [0.2, 0.25) is 0 Å². The molecule has 0 nitrogen and oxygen atoms in total. The summed E-state index contributed by atoms with van der Waals surface area (Å²) in [6.07, 6.45) is 4.44. The summed E-state index contributed by atoms with van der Waals surface area (Å²) in [5.74, 6) is 0.905. The predicted octanol–water partition coefficient (Wildman–Crippen LogP) is 3.25. The summed E-state index contributed by atoms with van der Waals surface area (Å²) < 4.78 is 1.38. The lowest BCUT2D eigenvalue weighted by molar-refractivity contribution is 0.433. The Balaban J connectivity index is 2.25. The summed E-state index contributed by atoms with van der Waals surface area (Å²) >= 11 is 2.53. The molecule has 1 heteroatoms. The van der Waals surface area contributed by atoms with Gasteiger partial charge in [0.2, 0.25) is 0 Å². The van der Waals surface area contributed by atoms with Crippen molar-refractivity contribution in [3.63, 3.8) is 0 Å². The molecule has 0 saturated heterocycles. The minimum Gasteiger partial charge on any atom is -0.0858 e. The fourth-order valence-electron chi connectivity index (χ4n) is 1.44. The molecule has 0 bridgehead atoms. The van der Waals surface area contributed by atoms with Crippen molar-refractivity contribution in [2.24, 2.45) is 11.3 Å². The molecule has 0 unspecified atom stereocenters. The Hall–Kier alpha value is 0.730. The number of hydrogen-bond acceptors (Lipinski definition) is 0. The van der Waals surface area contributed by atoms with Crippen LogP contribution in [0.15, 0.2) is 0 Å². The highest BCUT2D eigenvalue weighted by molar-refractivity contribution is 14.1. The molecule has 1 aliphatic carbocycles. The average Bonchev–Trinajstić information content (AvgIpc) is 2.48. The Morgan fingerprint density at radius 3 is 2.11 bits per heavy atom. The second-order valence-corrected chi connectivity index (χ2v) is 4.49. The van der Waals surface area contributed by atoms with Crippen molar-refractivity contribution in [1.29, 1.82) is 0 Å². The van der Waals surface area contributed by atoms with Gasteiger partial charge < -0.3 is 0 Å². The van der Waals surface area contributed by atoms with Gasteiger partial charge in [0.15, 0.2) is 0 Å². The van der Waals surface area contributed by atoms with Crippen LogP contribution < -0.4 is 0 Å². The standard InChI is InChI=1S/C8H15I/c1-7(2)5-8(6-9)3-4-8/h7H,3-6H2,1-2H3. The maximum Gasteiger partial charge on any atom is 0.00521 e. The average molecular weight is 238 g/mol. The zero-order valence-electron chi connectivity index (χ0n) is 6.28. The van der Waals surface area contributed by atoms with E-state index in [0.717, 1.165) is 11.3 Å². The van der Waals surface area contributed by atoms with Gasteiger partial charge in [-0.05, 0) is 30.6 Å². The number of hydrogen-bond donors (Lipinski definition) is 0. The molecule has 0 amide bonds. The van der Waals surface area contributed by atoms with Crippen molar-refractivity contribution in [2.45, 2.75) is 33.1 Å². The van der Waals surface area contributed by atoms with E-state index in [1.54, 1.807) is 0 Å². The fraction of sp³-hybridized carbons (Fsp3) is 1.00. The predicted molar refractivity (Wildman–Crippen MR) is 50.0 cm³/mol. The molecule has 0 spiro atoms. The van der Waals surface area contributed by atoms with Crippen LogP contribution in [0.3, 0.4) is 0 Å². The largest absolute Gasteiger partial charge is 0.0858 e. The summed E-state index contributed by atoms with van der Waals surface area (Å²) in [6.45, 7) is 4.65. The Morgan fingerprint density at radius 2 is 2.00 bits per heavy atom. The van der Waals surface area contributed by atoms with Crippen molar-refractivity contribution >= 4 is 22.6 Å². The van der Waals surface area contributed by atoms with E-state index in [4.69, 9.17) is 0 Å². The van der Waals surface area contributed by atoms with Gasteiger partial charge in [-0.3, -0.25) is 0 Å². The molecule has 54 valence electrons. The second kappa shape index (κ2) is 2.77. The highest BCUT2D eigenvalue weighted by atomic mass is 127. The molecule has 0 aromatic rings. The molecule has 1 fully saturated rings. The summed E-state index contributed by atoms with van der Waals surface area (Å²) in [4.78, 5) is 0. The smallest absolute Gasteiger partial charge is 0.00521 e. The third-order valence-corrected chi connectivity index (χ3v) is 3.70. The first-order valence-electron chi connectivity index (χ1n) is 3.74. The summed E-state index contributed by atoms with van der Waals surface area (Å²) in [5, 5.41) is 0. The maximum absolute atomic E-state index is 2.53. The van der Waals surface area contributed by atoms with E-state index in [1.807, 2.05) is 0 Å². The third-order valence-electron chi connectivity index (χ3n) is 2.08. The van der Waals surface area contributed by atoms with Crippen LogP contribution >= 0.6 is 22.6 Å². The minimum atomic E-state index is 0.800. The fourth-order valence-corrected chi connectivity index (χ4v) is 2.51. The highest BCUT2D eigenvalue weighted by Gasteiger charge is 2.41. The lowest BCUT2D eigenvalue weighted by Gasteiger charge is -2.12. The van der Waals surface area contributed by atoms with Crippen molar-refractivity contribution in [1.82, 2.24) is 0 Å². The lowest BCUT2D eigenvalue weighted by atomic mass is 9.97. The quantitative estimate of drug-likeness (QED) is 0.523. The van der Waals surface area contributed by atoms with Crippen molar-refractivity contribution in [3.8, 4) is 0 Å². The zero-order chi connectivity index (χ0) is 6.91. The van der Waals surface area contributed by atoms with E-state index < -0.39 is 0 Å². The number of alkyl halides is 1. The first-order chi connectivity index (χ1) is 4.18. The van der Waals surface area contributed by atoms with Crippen LogP contribution in [0, 0.1) is 11.3 Å². The topological polar surface area (TPSA) is 0 Å². The Labute approximate surface area is 71.5 Å². The van der Waals surface area contributed by atoms with E-state index in [-0.39, 0.29) is 0 Å². The van der Waals surface area contributed by atoms with Gasteiger partial charge in [-0.2, -0.15) is 0 Å². The molecule has 0 aromatic carbocycles. The summed E-state index contributed by atoms with van der Waals surface area (Å²) in [7, 11) is 0. The summed E-state index contributed by atoms with van der Waals surface area (Å²) in [6, 6.07) is 0. The molecule has 0 heterocycles. The molecule has 0 radical (unpaired) electrons. The molecule has 1 saturated carbocycles. The van der Waals surface area contributed by atoms with E-state index in [2.05, 4.69) is 36.4 Å². The van der Waals surface area contributed by atoms with Crippen LogP contribution in [-0.2, 0) is 0 Å². The van der Waals surface area contributed by atoms with Crippen molar-refractivity contribution in [2.75, 3.05) is 4.43 Å². The van der Waals surface area contributed by atoms with E-state index >= 15 is 0 Å². The van der Waals surface area contributed by atoms with Gasteiger partial charge in [-0.15, -0.1) is 0 Å². The normalized spacial score (nSPS) is 22.7.